The van der Waals surface area contributed by atoms with Crippen LogP contribution < -0.4 is 4.90 Å². The molecule has 180 valence electrons. The van der Waals surface area contributed by atoms with Crippen LogP contribution in [0, 0.1) is 29.9 Å². The van der Waals surface area contributed by atoms with Crippen LogP contribution in [0.3, 0.4) is 0 Å². The molecule has 9 heteroatoms. The van der Waals surface area contributed by atoms with Gasteiger partial charge in [0.1, 0.15) is 11.6 Å². The van der Waals surface area contributed by atoms with Crippen molar-refractivity contribution in [3.05, 3.63) is 57.0 Å². The summed E-state index contributed by atoms with van der Waals surface area (Å²) in [6, 6.07) is 6.66. The van der Waals surface area contributed by atoms with Gasteiger partial charge in [0.2, 0.25) is 0 Å². The molecule has 9 nitrogen and oxygen atoms in total. The molecule has 0 saturated carbocycles. The monoisotopic (exact) mass is 457 g/mol. The molecule has 0 aliphatic carbocycles. The molecule has 1 aliphatic heterocycles. The van der Waals surface area contributed by atoms with Gasteiger partial charge in [-0.15, -0.1) is 0 Å². The lowest BCUT2D eigenvalue weighted by Crippen LogP contribution is -2.49. The van der Waals surface area contributed by atoms with Crippen LogP contribution in [0.25, 0.3) is 0 Å². The summed E-state index contributed by atoms with van der Waals surface area (Å²) < 4.78 is 5.57. The first-order valence-electron chi connectivity index (χ1n) is 11.5. The third-order valence-corrected chi connectivity index (χ3v) is 5.73. The molecule has 2 aromatic rings. The van der Waals surface area contributed by atoms with Gasteiger partial charge in [-0.05, 0) is 25.3 Å². The second kappa shape index (κ2) is 11.5. The van der Waals surface area contributed by atoms with Gasteiger partial charge < -0.3 is 14.7 Å². The summed E-state index contributed by atoms with van der Waals surface area (Å²) in [4.78, 5) is 24.4. The number of aryl methyl sites for hydroxylation is 2. The Balaban J connectivity index is 1.64. The van der Waals surface area contributed by atoms with Crippen LogP contribution >= 0.6 is 0 Å². The number of piperazine rings is 1. The van der Waals surface area contributed by atoms with E-state index in [0.717, 1.165) is 54.6 Å². The maximum absolute atomic E-state index is 10.9. The Kier molecular flexibility index (Phi) is 8.71. The minimum atomic E-state index is -0.489. The highest BCUT2D eigenvalue weighted by atomic mass is 16.6. The van der Waals surface area contributed by atoms with Crippen molar-refractivity contribution >= 4 is 11.5 Å². The van der Waals surface area contributed by atoms with Gasteiger partial charge in [-0.2, -0.15) is 0 Å². The van der Waals surface area contributed by atoms with Crippen molar-refractivity contribution in [3.8, 4) is 0 Å². The maximum atomic E-state index is 10.9. The molecule has 1 aromatic carbocycles. The number of anilines is 1. The predicted octanol–water partition coefficient (Wildman–Crippen LogP) is 2.75. The van der Waals surface area contributed by atoms with E-state index in [1.807, 2.05) is 13.8 Å². The molecule has 0 radical (unpaired) electrons. The van der Waals surface area contributed by atoms with Gasteiger partial charge in [0, 0.05) is 69.1 Å². The Bertz CT molecular complexity index is 927. The Morgan fingerprint density at radius 2 is 1.76 bits per heavy atom. The lowest BCUT2D eigenvalue weighted by Gasteiger charge is -2.37. The van der Waals surface area contributed by atoms with Crippen molar-refractivity contribution in [1.82, 2.24) is 14.9 Å². The molecular formula is C24H35N5O4. The normalized spacial score (nSPS) is 15.8. The van der Waals surface area contributed by atoms with Crippen LogP contribution in [0.2, 0.25) is 0 Å². The average Bonchev–Trinajstić information content (AvgIpc) is 2.76. The number of hydrogen-bond acceptors (Lipinski definition) is 8. The van der Waals surface area contributed by atoms with Gasteiger partial charge in [-0.25, -0.2) is 9.97 Å². The number of nitro groups is 1. The Hall–Kier alpha value is -2.62. The second-order valence-corrected chi connectivity index (χ2v) is 9.13. The fraction of sp³-hybridized carbons (Fsp3) is 0.583. The zero-order chi connectivity index (χ0) is 24.0. The lowest BCUT2D eigenvalue weighted by atomic mass is 10.0. The minimum Gasteiger partial charge on any atom is -0.389 e. The summed E-state index contributed by atoms with van der Waals surface area (Å²) in [5.41, 5.74) is 3.05. The van der Waals surface area contributed by atoms with Gasteiger partial charge in [0.15, 0.2) is 0 Å². The first kappa shape index (κ1) is 25.0. The van der Waals surface area contributed by atoms with Crippen molar-refractivity contribution in [2.24, 2.45) is 5.92 Å². The maximum Gasteiger partial charge on any atom is 0.269 e. The van der Waals surface area contributed by atoms with E-state index >= 15 is 0 Å². The molecule has 1 saturated heterocycles. The topological polar surface area (TPSA) is 105 Å². The van der Waals surface area contributed by atoms with Crippen molar-refractivity contribution < 1.29 is 14.8 Å². The molecule has 33 heavy (non-hydrogen) atoms. The molecule has 1 atom stereocenters. The first-order valence-corrected chi connectivity index (χ1v) is 11.5. The molecule has 2 heterocycles. The Morgan fingerprint density at radius 3 is 2.36 bits per heavy atom. The number of non-ortho nitro benzene ring substituents is 1. The molecule has 1 fully saturated rings. The second-order valence-electron chi connectivity index (χ2n) is 9.13. The summed E-state index contributed by atoms with van der Waals surface area (Å²) in [5.74, 6) is 2.12. The SMILES string of the molecule is Cc1nc(C)c(Cc2ccc([N+](=O)[O-])cc2)c(N2CCN(CC(O)COCC(C)C)CC2)n1. The first-order chi connectivity index (χ1) is 15.7. The number of benzene rings is 1. The van der Waals surface area contributed by atoms with E-state index in [0.29, 0.717) is 32.1 Å². The van der Waals surface area contributed by atoms with E-state index in [1.54, 1.807) is 12.1 Å². The zero-order valence-electron chi connectivity index (χ0n) is 20.0. The predicted molar refractivity (Wildman–Crippen MR) is 128 cm³/mol. The number of aromatic nitrogens is 2. The van der Waals surface area contributed by atoms with Gasteiger partial charge in [-0.3, -0.25) is 15.0 Å². The summed E-state index contributed by atoms with van der Waals surface area (Å²) in [5, 5.41) is 21.2. The van der Waals surface area contributed by atoms with Crippen LogP contribution in [-0.2, 0) is 11.2 Å². The Morgan fingerprint density at radius 1 is 1.09 bits per heavy atom. The molecule has 0 amide bonds. The van der Waals surface area contributed by atoms with Crippen molar-refractivity contribution in [2.45, 2.75) is 40.2 Å². The van der Waals surface area contributed by atoms with E-state index in [1.165, 1.54) is 12.1 Å². The van der Waals surface area contributed by atoms with Crippen LogP contribution in [-0.4, -0.2) is 76.9 Å². The summed E-state index contributed by atoms with van der Waals surface area (Å²) >= 11 is 0. The van der Waals surface area contributed by atoms with Crippen molar-refractivity contribution in [2.75, 3.05) is 50.8 Å². The smallest absolute Gasteiger partial charge is 0.269 e. The molecule has 1 aliphatic rings. The number of rotatable bonds is 10. The number of aliphatic hydroxyl groups excluding tert-OH is 1. The fourth-order valence-corrected chi connectivity index (χ4v) is 4.06. The molecule has 0 bridgehead atoms. The number of β-amino-alcohol motifs (C(OH)–C–C–N with tert-alkyl or cyclic N) is 1. The highest BCUT2D eigenvalue weighted by molar-refractivity contribution is 5.52. The molecule has 1 aromatic heterocycles. The summed E-state index contributed by atoms with van der Waals surface area (Å²) in [7, 11) is 0. The van der Waals surface area contributed by atoms with Gasteiger partial charge in [-0.1, -0.05) is 26.0 Å². The third-order valence-electron chi connectivity index (χ3n) is 5.73. The van der Waals surface area contributed by atoms with E-state index in [-0.39, 0.29) is 10.6 Å². The molecular weight excluding hydrogens is 422 g/mol. The molecule has 1 unspecified atom stereocenters. The van der Waals surface area contributed by atoms with E-state index in [2.05, 4.69) is 28.6 Å². The highest BCUT2D eigenvalue weighted by Gasteiger charge is 2.24. The Labute approximate surface area is 195 Å². The van der Waals surface area contributed by atoms with Gasteiger partial charge in [0.05, 0.1) is 17.6 Å². The highest BCUT2D eigenvalue weighted by Crippen LogP contribution is 2.26. The van der Waals surface area contributed by atoms with Crippen LogP contribution in [0.5, 0.6) is 0 Å². The number of ether oxygens (including phenoxy) is 1. The van der Waals surface area contributed by atoms with E-state index in [9.17, 15) is 15.2 Å². The number of hydrogen-bond donors (Lipinski definition) is 1. The minimum absolute atomic E-state index is 0.0868. The number of aliphatic hydroxyl groups is 1. The number of nitro benzene ring substituents is 1. The average molecular weight is 458 g/mol. The molecule has 3 rings (SSSR count). The largest absolute Gasteiger partial charge is 0.389 e. The van der Waals surface area contributed by atoms with E-state index < -0.39 is 6.10 Å². The van der Waals surface area contributed by atoms with Crippen LogP contribution in [0.4, 0.5) is 11.5 Å². The molecule has 0 spiro atoms. The van der Waals surface area contributed by atoms with Gasteiger partial charge >= 0.3 is 0 Å². The van der Waals surface area contributed by atoms with Crippen molar-refractivity contribution in [3.63, 3.8) is 0 Å². The number of nitrogens with zero attached hydrogens (tertiary/aromatic N) is 5. The van der Waals surface area contributed by atoms with Crippen LogP contribution in [0.15, 0.2) is 24.3 Å². The summed E-state index contributed by atoms with van der Waals surface area (Å²) in [6.07, 6.45) is 0.127. The van der Waals surface area contributed by atoms with E-state index in [4.69, 9.17) is 9.72 Å². The quantitative estimate of drug-likeness (QED) is 0.429. The summed E-state index contributed by atoms with van der Waals surface area (Å²) in [6.45, 7) is 13.0. The standard InChI is InChI=1S/C24H35N5O4/c1-17(2)15-33-16-22(30)14-27-9-11-28(12-10-27)24-23(18(3)25-19(4)26-24)13-20-5-7-21(8-6-20)29(31)32/h5-8,17,22,30H,9-16H2,1-4H3. The third kappa shape index (κ3) is 7.18. The molecule has 1 N–H and O–H groups in total. The van der Waals surface area contributed by atoms with Crippen LogP contribution in [0.1, 0.15) is 36.5 Å². The van der Waals surface area contributed by atoms with Crippen molar-refractivity contribution in [1.29, 1.82) is 0 Å². The zero-order valence-corrected chi connectivity index (χ0v) is 20.0. The van der Waals surface area contributed by atoms with Gasteiger partial charge in [0.25, 0.3) is 5.69 Å². The fourth-order valence-electron chi connectivity index (χ4n) is 4.06. The lowest BCUT2D eigenvalue weighted by molar-refractivity contribution is -0.384.